The molecule has 1 aromatic carbocycles. The number of benzene rings is 1. The summed E-state index contributed by atoms with van der Waals surface area (Å²) in [6, 6.07) is 1.17. The summed E-state index contributed by atoms with van der Waals surface area (Å²) in [6.07, 6.45) is 2.19. The third-order valence-electron chi connectivity index (χ3n) is 4.54. The molecule has 1 aliphatic heterocycles. The van der Waals surface area contributed by atoms with Crippen LogP contribution in [-0.2, 0) is 11.2 Å². The van der Waals surface area contributed by atoms with Gasteiger partial charge in [-0.3, -0.25) is 9.59 Å². The number of ether oxygens (including phenoxy) is 1. The van der Waals surface area contributed by atoms with Gasteiger partial charge in [-0.2, -0.15) is 0 Å². The van der Waals surface area contributed by atoms with Crippen LogP contribution in [0.5, 0.6) is 11.5 Å². The molecule has 0 fully saturated rings. The second kappa shape index (κ2) is 7.06. The standard InChI is InChI=1S/C18H20O7/c1-10(17(23)24)4-3-5-18(2)15(22)7-12-14(21)6-11(8-19)13(9-20)16(12)25-18/h4,6,8-9,15,21-22H,3,5,7H2,1-2H3,(H,23,24)/b10-4+. The zero-order chi connectivity index (χ0) is 18.8. The highest BCUT2D eigenvalue weighted by Gasteiger charge is 2.41. The number of carbonyl (C=O) groups is 3. The Bertz CT molecular complexity index is 750. The molecule has 7 nitrogen and oxygen atoms in total. The number of fused-ring (bicyclic) bond motifs is 1. The van der Waals surface area contributed by atoms with Gasteiger partial charge >= 0.3 is 5.97 Å². The molecule has 1 heterocycles. The van der Waals surface area contributed by atoms with Crippen LogP contribution in [0.25, 0.3) is 0 Å². The number of aldehydes is 2. The van der Waals surface area contributed by atoms with Gasteiger partial charge in [-0.05, 0) is 32.8 Å². The van der Waals surface area contributed by atoms with Gasteiger partial charge in [0.2, 0.25) is 0 Å². The van der Waals surface area contributed by atoms with Gasteiger partial charge in [0.1, 0.15) is 17.1 Å². The van der Waals surface area contributed by atoms with Gasteiger partial charge < -0.3 is 20.1 Å². The van der Waals surface area contributed by atoms with E-state index in [0.717, 1.165) is 0 Å². The van der Waals surface area contributed by atoms with Crippen LogP contribution in [0.2, 0.25) is 0 Å². The van der Waals surface area contributed by atoms with Crippen LogP contribution < -0.4 is 4.74 Å². The molecule has 0 radical (unpaired) electrons. The maximum Gasteiger partial charge on any atom is 0.330 e. The van der Waals surface area contributed by atoms with Crippen molar-refractivity contribution in [3.8, 4) is 11.5 Å². The van der Waals surface area contributed by atoms with Crippen molar-refractivity contribution in [2.24, 2.45) is 0 Å². The lowest BCUT2D eigenvalue weighted by Gasteiger charge is -2.40. The minimum atomic E-state index is -1.09. The molecule has 0 bridgehead atoms. The lowest BCUT2D eigenvalue weighted by Crippen LogP contribution is -2.49. The molecule has 0 saturated carbocycles. The molecule has 2 atom stereocenters. The molecule has 7 heteroatoms. The van der Waals surface area contributed by atoms with Gasteiger partial charge in [0.25, 0.3) is 0 Å². The SMILES string of the molecule is C/C(=C\CCC1(C)Oc2c(C=O)c(C=O)cc(O)c2CC1O)C(=O)O. The summed E-state index contributed by atoms with van der Waals surface area (Å²) in [5.74, 6) is -1.15. The lowest BCUT2D eigenvalue weighted by atomic mass is 9.84. The molecule has 0 aromatic heterocycles. The zero-order valence-corrected chi connectivity index (χ0v) is 14.0. The van der Waals surface area contributed by atoms with E-state index in [2.05, 4.69) is 0 Å². The van der Waals surface area contributed by atoms with E-state index in [4.69, 9.17) is 9.84 Å². The van der Waals surface area contributed by atoms with Gasteiger partial charge in [0, 0.05) is 23.1 Å². The number of carboxylic acids is 1. The number of rotatable bonds is 6. The van der Waals surface area contributed by atoms with Crippen LogP contribution >= 0.6 is 0 Å². The predicted molar refractivity (Wildman–Crippen MR) is 88.3 cm³/mol. The topological polar surface area (TPSA) is 121 Å². The van der Waals surface area contributed by atoms with E-state index in [1.165, 1.54) is 19.1 Å². The summed E-state index contributed by atoms with van der Waals surface area (Å²) < 4.78 is 5.84. The van der Waals surface area contributed by atoms with Crippen molar-refractivity contribution in [1.29, 1.82) is 0 Å². The summed E-state index contributed by atoms with van der Waals surface area (Å²) in [7, 11) is 0. The number of aliphatic hydroxyl groups is 1. The number of carbonyl (C=O) groups excluding carboxylic acids is 2. The zero-order valence-electron chi connectivity index (χ0n) is 14.0. The van der Waals surface area contributed by atoms with E-state index in [1.54, 1.807) is 6.92 Å². The summed E-state index contributed by atoms with van der Waals surface area (Å²) in [5.41, 5.74) is -0.600. The number of phenolic OH excluding ortho intramolecular Hbond substituents is 1. The van der Waals surface area contributed by atoms with Crippen molar-refractivity contribution < 1.29 is 34.4 Å². The Hall–Kier alpha value is -2.67. The number of hydrogen-bond acceptors (Lipinski definition) is 6. The van der Waals surface area contributed by atoms with Gasteiger partial charge in [-0.1, -0.05) is 6.08 Å². The quantitative estimate of drug-likeness (QED) is 0.530. The molecular formula is C18H20O7. The Morgan fingerprint density at radius 1 is 1.40 bits per heavy atom. The van der Waals surface area contributed by atoms with Gasteiger partial charge in [0.05, 0.1) is 11.7 Å². The largest absolute Gasteiger partial charge is 0.508 e. The Balaban J connectivity index is 2.36. The third-order valence-corrected chi connectivity index (χ3v) is 4.54. The van der Waals surface area contributed by atoms with E-state index in [-0.39, 0.29) is 40.2 Å². The minimum absolute atomic E-state index is 0.00612. The normalized spacial score (nSPS) is 22.7. The van der Waals surface area contributed by atoms with Crippen LogP contribution in [0, 0.1) is 0 Å². The number of allylic oxidation sites excluding steroid dienone is 1. The molecule has 3 N–H and O–H groups in total. The smallest absolute Gasteiger partial charge is 0.330 e. The van der Waals surface area contributed by atoms with Gasteiger partial charge in [0.15, 0.2) is 12.6 Å². The van der Waals surface area contributed by atoms with Crippen molar-refractivity contribution in [2.75, 3.05) is 0 Å². The number of aliphatic hydroxyl groups excluding tert-OH is 1. The number of phenols is 1. The summed E-state index contributed by atoms with van der Waals surface area (Å²) in [6.45, 7) is 3.11. The van der Waals surface area contributed by atoms with Crippen molar-refractivity contribution in [3.05, 3.63) is 34.4 Å². The summed E-state index contributed by atoms with van der Waals surface area (Å²) in [4.78, 5) is 33.3. The molecule has 0 saturated heterocycles. The molecule has 2 unspecified atom stereocenters. The first-order valence-electron chi connectivity index (χ1n) is 7.79. The lowest BCUT2D eigenvalue weighted by molar-refractivity contribution is -0.132. The molecule has 134 valence electrons. The average molecular weight is 348 g/mol. The van der Waals surface area contributed by atoms with Crippen LogP contribution in [0.4, 0.5) is 0 Å². The minimum Gasteiger partial charge on any atom is -0.508 e. The first-order valence-corrected chi connectivity index (χ1v) is 7.79. The Labute approximate surface area is 144 Å². The molecule has 2 rings (SSSR count). The van der Waals surface area contributed by atoms with Crippen molar-refractivity contribution >= 4 is 18.5 Å². The van der Waals surface area contributed by atoms with E-state index in [9.17, 15) is 24.6 Å². The number of carboxylic acid groups (broad SMARTS) is 1. The van der Waals surface area contributed by atoms with Crippen molar-refractivity contribution in [2.45, 2.75) is 44.8 Å². The molecule has 25 heavy (non-hydrogen) atoms. The van der Waals surface area contributed by atoms with Gasteiger partial charge in [-0.15, -0.1) is 0 Å². The second-order valence-electron chi connectivity index (χ2n) is 6.31. The van der Waals surface area contributed by atoms with E-state index < -0.39 is 17.7 Å². The second-order valence-corrected chi connectivity index (χ2v) is 6.31. The number of aromatic hydroxyl groups is 1. The Morgan fingerprint density at radius 2 is 2.08 bits per heavy atom. The molecule has 1 aromatic rings. The molecule has 0 amide bonds. The van der Waals surface area contributed by atoms with Crippen LogP contribution in [0.3, 0.4) is 0 Å². The van der Waals surface area contributed by atoms with Crippen molar-refractivity contribution in [3.63, 3.8) is 0 Å². The van der Waals surface area contributed by atoms with Crippen LogP contribution in [-0.4, -0.2) is 45.6 Å². The summed E-state index contributed by atoms with van der Waals surface area (Å²) in [5, 5.41) is 29.4. The van der Waals surface area contributed by atoms with E-state index in [1.807, 2.05) is 0 Å². The maximum absolute atomic E-state index is 11.4. The fourth-order valence-electron chi connectivity index (χ4n) is 2.85. The fraction of sp³-hybridized carbons (Fsp3) is 0.389. The number of hydrogen-bond donors (Lipinski definition) is 3. The van der Waals surface area contributed by atoms with Crippen LogP contribution in [0.1, 0.15) is 53.0 Å². The third kappa shape index (κ3) is 3.56. The van der Waals surface area contributed by atoms with Crippen molar-refractivity contribution in [1.82, 2.24) is 0 Å². The monoisotopic (exact) mass is 348 g/mol. The molecule has 1 aliphatic rings. The molecule has 0 spiro atoms. The van der Waals surface area contributed by atoms with Gasteiger partial charge in [-0.25, -0.2) is 4.79 Å². The first-order chi connectivity index (χ1) is 11.7. The highest BCUT2D eigenvalue weighted by molar-refractivity contribution is 5.94. The Kier molecular flexibility index (Phi) is 5.27. The number of aliphatic carboxylic acids is 1. The Morgan fingerprint density at radius 3 is 2.64 bits per heavy atom. The van der Waals surface area contributed by atoms with E-state index in [0.29, 0.717) is 25.4 Å². The maximum atomic E-state index is 11.4. The first kappa shape index (κ1) is 18.7. The van der Waals surface area contributed by atoms with Crippen LogP contribution in [0.15, 0.2) is 17.7 Å². The average Bonchev–Trinajstić information content (AvgIpc) is 2.56. The summed E-state index contributed by atoms with van der Waals surface area (Å²) >= 11 is 0. The highest BCUT2D eigenvalue weighted by atomic mass is 16.5. The fourth-order valence-corrected chi connectivity index (χ4v) is 2.85. The van der Waals surface area contributed by atoms with E-state index >= 15 is 0 Å². The highest BCUT2D eigenvalue weighted by Crippen LogP contribution is 2.43. The molecular weight excluding hydrogens is 328 g/mol. The predicted octanol–water partition coefficient (Wildman–Crippen LogP) is 1.88. The molecule has 0 aliphatic carbocycles.